The normalized spacial score (nSPS) is 34.3. The van der Waals surface area contributed by atoms with Crippen LogP contribution in [0.1, 0.15) is 326 Å². The van der Waals surface area contributed by atoms with Crippen molar-refractivity contribution in [3.8, 4) is 0 Å². The van der Waals surface area contributed by atoms with Crippen LogP contribution in [0.15, 0.2) is 23.3 Å². The Kier molecular flexibility index (Phi) is 26.2. The molecule has 8 aliphatic rings. The summed E-state index contributed by atoms with van der Waals surface area (Å²) in [5.74, 6) is 9.27. The molecule has 0 aliphatic heterocycles. The molecule has 6 saturated carbocycles. The Morgan fingerprint density at radius 2 is 0.779 bits per heavy atom. The van der Waals surface area contributed by atoms with Gasteiger partial charge in [-0.3, -0.25) is 19.2 Å². The summed E-state index contributed by atoms with van der Waals surface area (Å²) in [5, 5.41) is 5.73. The number of esters is 2. The Labute approximate surface area is 527 Å². The second-order valence-electron chi connectivity index (χ2n) is 33.0. The van der Waals surface area contributed by atoms with Crippen LogP contribution in [0.25, 0.3) is 0 Å². The highest BCUT2D eigenvalue weighted by Gasteiger charge is 2.61. The molecule has 0 saturated heterocycles. The van der Waals surface area contributed by atoms with Crippen molar-refractivity contribution in [3.05, 3.63) is 23.3 Å². The Morgan fingerprint density at radius 1 is 0.430 bits per heavy atom. The maximum absolute atomic E-state index is 13.0. The molecule has 0 aromatic rings. The standard InChI is InChI=1S/C78H132N2O6/c1-55(2)29-27-31-57(5)65-39-41-67-63-37-35-59-51-61(43-47-75(59,7)69(63)45-49-77(65,67)9)85-73(83)53-79-71(81)33-25-23-21-19-17-15-13-11-12-14-16-18-20-22-24-26-34-72(82)80-54-74(84)86-62-44-48-76(8)60(52-62)36-38-64-68-42-40-66(58(6)32-28-30-56(3)4)78(68,10)50-46-70(64)76/h35-36,55-58,61-70H,11-34,37-54H2,1-10H3,(H,79,81)(H,80,82)/t57-,58-,61+,62+,63+,64+,65-,66-,67+,68+,69+,70+,75+,76+,77-,78-/m1/s1. The first-order chi connectivity index (χ1) is 41.2. The quantitative estimate of drug-likeness (QED) is 0.0372. The van der Waals surface area contributed by atoms with E-state index in [1.165, 1.54) is 180 Å². The third-order valence-corrected chi connectivity index (χ3v) is 26.5. The molecule has 0 aromatic heterocycles. The molecule has 0 heterocycles. The van der Waals surface area contributed by atoms with Crippen LogP contribution in [0, 0.1) is 92.7 Å². The molecule has 6 fully saturated rings. The lowest BCUT2D eigenvalue weighted by atomic mass is 9.47. The van der Waals surface area contributed by atoms with Crippen LogP contribution in [-0.2, 0) is 28.7 Å². The molecule has 8 aliphatic carbocycles. The molecule has 8 rings (SSSR count). The Hall–Kier alpha value is -2.64. The van der Waals surface area contributed by atoms with Crippen molar-refractivity contribution in [3.63, 3.8) is 0 Å². The van der Waals surface area contributed by atoms with Gasteiger partial charge >= 0.3 is 11.9 Å². The lowest BCUT2D eigenvalue weighted by molar-refractivity contribution is -0.152. The molecule has 0 spiro atoms. The van der Waals surface area contributed by atoms with Gasteiger partial charge in [0.05, 0.1) is 0 Å². The second kappa shape index (κ2) is 32.6. The first-order valence-corrected chi connectivity index (χ1v) is 37.6. The van der Waals surface area contributed by atoms with Crippen molar-refractivity contribution < 1.29 is 28.7 Å². The predicted octanol–water partition coefficient (Wildman–Crippen LogP) is 20.1. The molecule has 8 heteroatoms. The molecule has 490 valence electrons. The van der Waals surface area contributed by atoms with E-state index < -0.39 is 0 Å². The fourth-order valence-corrected chi connectivity index (χ4v) is 21.5. The SMILES string of the molecule is CC(C)CCC[C@@H](C)[C@H]1CC[C@H]2[C@@H]3CC=C4C[C@@H](OC(=O)CNC(=O)CCCCCCCCCCCCCCCCCCC(=O)NCC(=O)O[C@H]5CC[C@@]6(C)C(=CC[C@H]7[C@@H]8CC[C@H]([C@H](C)CCCC(C)C)[C@@]8(C)CC[C@@H]76)C5)CC[C@]4(C)[C@H]3CC[C@]12C. The highest BCUT2D eigenvalue weighted by Crippen LogP contribution is 2.69. The summed E-state index contributed by atoms with van der Waals surface area (Å²) in [6.45, 7) is 25.0. The molecule has 0 unspecified atom stereocenters. The Balaban J connectivity index is 0.569. The minimum Gasteiger partial charge on any atom is -0.461 e. The van der Waals surface area contributed by atoms with Crippen molar-refractivity contribution in [2.45, 2.75) is 338 Å². The van der Waals surface area contributed by atoms with Gasteiger partial charge in [-0.15, -0.1) is 0 Å². The van der Waals surface area contributed by atoms with Gasteiger partial charge in [0.25, 0.3) is 0 Å². The van der Waals surface area contributed by atoms with Gasteiger partial charge in [0.2, 0.25) is 11.8 Å². The van der Waals surface area contributed by atoms with Gasteiger partial charge in [-0.25, -0.2) is 0 Å². The molecule has 2 amide bonds. The van der Waals surface area contributed by atoms with E-state index in [1.54, 1.807) is 11.1 Å². The van der Waals surface area contributed by atoms with Crippen LogP contribution in [0.2, 0.25) is 0 Å². The van der Waals surface area contributed by atoms with Crippen LogP contribution in [-0.4, -0.2) is 49.1 Å². The van der Waals surface area contributed by atoms with Crippen molar-refractivity contribution in [1.29, 1.82) is 0 Å². The van der Waals surface area contributed by atoms with Crippen molar-refractivity contribution in [2.24, 2.45) is 92.7 Å². The van der Waals surface area contributed by atoms with Crippen LogP contribution in [0.5, 0.6) is 0 Å². The van der Waals surface area contributed by atoms with Crippen LogP contribution < -0.4 is 10.6 Å². The number of ether oxygens (including phenoxy) is 2. The molecule has 16 atom stereocenters. The third kappa shape index (κ3) is 17.7. The lowest BCUT2D eigenvalue weighted by Gasteiger charge is -2.58. The number of hydrogen-bond acceptors (Lipinski definition) is 6. The maximum Gasteiger partial charge on any atom is 0.325 e. The molecule has 0 bridgehead atoms. The van der Waals surface area contributed by atoms with Gasteiger partial charge in [0.15, 0.2) is 0 Å². The molecule has 8 nitrogen and oxygen atoms in total. The summed E-state index contributed by atoms with van der Waals surface area (Å²) < 4.78 is 12.1. The molecule has 0 radical (unpaired) electrons. The zero-order chi connectivity index (χ0) is 61.5. The van der Waals surface area contributed by atoms with E-state index >= 15 is 0 Å². The Morgan fingerprint density at radius 3 is 1.13 bits per heavy atom. The number of hydrogen-bond donors (Lipinski definition) is 2. The van der Waals surface area contributed by atoms with E-state index in [-0.39, 0.29) is 59.9 Å². The highest BCUT2D eigenvalue weighted by atomic mass is 16.5. The number of amides is 2. The van der Waals surface area contributed by atoms with Crippen LogP contribution in [0.4, 0.5) is 0 Å². The number of allylic oxidation sites excluding steroid dienone is 2. The summed E-state index contributed by atoms with van der Waals surface area (Å²) in [6.07, 6.45) is 52.8. The number of fused-ring (bicyclic) bond motifs is 10. The van der Waals surface area contributed by atoms with E-state index in [9.17, 15) is 19.2 Å². The number of unbranched alkanes of at least 4 members (excludes halogenated alkanes) is 15. The zero-order valence-electron chi connectivity index (χ0n) is 57.4. The summed E-state index contributed by atoms with van der Waals surface area (Å²) >= 11 is 0. The largest absolute Gasteiger partial charge is 0.461 e. The van der Waals surface area contributed by atoms with Crippen molar-refractivity contribution in [2.75, 3.05) is 13.1 Å². The van der Waals surface area contributed by atoms with Gasteiger partial charge in [0, 0.05) is 25.7 Å². The van der Waals surface area contributed by atoms with E-state index in [0.29, 0.717) is 23.7 Å². The average Bonchev–Trinajstić information content (AvgIpc) is 1.34. The smallest absolute Gasteiger partial charge is 0.325 e. The fourth-order valence-electron chi connectivity index (χ4n) is 21.5. The van der Waals surface area contributed by atoms with Crippen LogP contribution >= 0.6 is 0 Å². The molecule has 0 aromatic carbocycles. The second-order valence-corrected chi connectivity index (χ2v) is 33.0. The molecular formula is C78H132N2O6. The first kappa shape index (κ1) is 69.3. The zero-order valence-corrected chi connectivity index (χ0v) is 57.4. The van der Waals surface area contributed by atoms with Gasteiger partial charge < -0.3 is 20.1 Å². The number of carbonyl (C=O) groups is 4. The van der Waals surface area contributed by atoms with E-state index in [0.717, 1.165) is 135 Å². The minimum atomic E-state index is -0.284. The van der Waals surface area contributed by atoms with Crippen LogP contribution in [0.3, 0.4) is 0 Å². The third-order valence-electron chi connectivity index (χ3n) is 26.5. The van der Waals surface area contributed by atoms with Gasteiger partial charge in [-0.2, -0.15) is 0 Å². The molecule has 86 heavy (non-hydrogen) atoms. The number of rotatable bonds is 35. The van der Waals surface area contributed by atoms with Gasteiger partial charge in [-0.1, -0.05) is 221 Å². The van der Waals surface area contributed by atoms with E-state index in [4.69, 9.17) is 9.47 Å². The topological polar surface area (TPSA) is 111 Å². The number of carbonyl (C=O) groups excluding carboxylic acids is 4. The monoisotopic (exact) mass is 1190 g/mol. The fraction of sp³-hybridized carbons (Fsp3) is 0.897. The highest BCUT2D eigenvalue weighted by molar-refractivity contribution is 5.82. The van der Waals surface area contributed by atoms with Gasteiger partial charge in [-0.05, 0) is 195 Å². The number of nitrogens with one attached hydrogen (secondary N) is 2. The lowest BCUT2D eigenvalue weighted by Crippen LogP contribution is -2.51. The first-order valence-electron chi connectivity index (χ1n) is 37.6. The minimum absolute atomic E-state index is 0.0174. The molecule has 2 N–H and O–H groups in total. The summed E-state index contributed by atoms with van der Waals surface area (Å²) in [6, 6.07) is 0. The predicted molar refractivity (Wildman–Crippen MR) is 355 cm³/mol. The average molecular weight is 1190 g/mol. The maximum atomic E-state index is 13.0. The Bertz CT molecular complexity index is 2060. The van der Waals surface area contributed by atoms with E-state index in [2.05, 4.69) is 92.0 Å². The summed E-state index contributed by atoms with van der Waals surface area (Å²) in [4.78, 5) is 51.2. The van der Waals surface area contributed by atoms with E-state index in [1.807, 2.05) is 0 Å². The van der Waals surface area contributed by atoms with Crippen molar-refractivity contribution in [1.82, 2.24) is 10.6 Å². The summed E-state index contributed by atoms with van der Waals surface area (Å²) in [5.41, 5.74) is 4.57. The molecular weight excluding hydrogens is 1060 g/mol. The van der Waals surface area contributed by atoms with Gasteiger partial charge in [0.1, 0.15) is 25.3 Å². The van der Waals surface area contributed by atoms with Crippen molar-refractivity contribution >= 4 is 23.8 Å². The summed E-state index contributed by atoms with van der Waals surface area (Å²) in [7, 11) is 0.